The van der Waals surface area contributed by atoms with E-state index in [1.807, 2.05) is 0 Å². The molecule has 2 fully saturated rings. The van der Waals surface area contributed by atoms with Gasteiger partial charge in [-0.25, -0.2) is 0 Å². The summed E-state index contributed by atoms with van der Waals surface area (Å²) in [6, 6.07) is 0. The lowest BCUT2D eigenvalue weighted by molar-refractivity contribution is -0.0259. The van der Waals surface area contributed by atoms with E-state index in [1.165, 1.54) is 32.1 Å². The zero-order valence-corrected chi connectivity index (χ0v) is 11.9. The summed E-state index contributed by atoms with van der Waals surface area (Å²) in [5.74, 6) is 0. The number of aliphatic hydroxyl groups is 2. The highest BCUT2D eigenvalue weighted by Crippen LogP contribution is 2.29. The van der Waals surface area contributed by atoms with Gasteiger partial charge in [0.05, 0.1) is 25.4 Å². The molecule has 0 bridgehead atoms. The van der Waals surface area contributed by atoms with Crippen molar-refractivity contribution in [1.29, 1.82) is 0 Å². The summed E-state index contributed by atoms with van der Waals surface area (Å²) in [4.78, 5) is 0. The lowest BCUT2D eigenvalue weighted by atomic mass is 9.98. The molecule has 19 heavy (non-hydrogen) atoms. The zero-order chi connectivity index (χ0) is 13.6. The van der Waals surface area contributed by atoms with Gasteiger partial charge in [-0.05, 0) is 25.7 Å². The molecular weight excluding hydrogens is 242 g/mol. The van der Waals surface area contributed by atoms with Crippen LogP contribution in [0.25, 0.3) is 0 Å². The minimum Gasteiger partial charge on any atom is -0.394 e. The number of ether oxygens (including phenoxy) is 1. The van der Waals surface area contributed by atoms with E-state index in [-0.39, 0.29) is 12.1 Å². The number of nitrogens with one attached hydrogen (secondary N) is 1. The highest BCUT2D eigenvalue weighted by atomic mass is 16.5. The van der Waals surface area contributed by atoms with Crippen LogP contribution in [0.3, 0.4) is 0 Å². The lowest BCUT2D eigenvalue weighted by Crippen LogP contribution is -2.49. The van der Waals surface area contributed by atoms with E-state index in [1.54, 1.807) is 0 Å². The molecule has 0 aromatic heterocycles. The summed E-state index contributed by atoms with van der Waals surface area (Å²) in [5, 5.41) is 22.8. The van der Waals surface area contributed by atoms with E-state index in [9.17, 15) is 10.2 Å². The Balaban J connectivity index is 1.62. The number of hydrogen-bond donors (Lipinski definition) is 3. The molecule has 1 unspecified atom stereocenters. The summed E-state index contributed by atoms with van der Waals surface area (Å²) in [6.45, 7) is 1.11. The fraction of sp³-hybridized carbons (Fsp3) is 1.00. The Labute approximate surface area is 116 Å². The van der Waals surface area contributed by atoms with Crippen LogP contribution in [0.4, 0.5) is 0 Å². The Morgan fingerprint density at radius 2 is 1.79 bits per heavy atom. The first kappa shape index (κ1) is 15.2. The van der Waals surface area contributed by atoms with Crippen molar-refractivity contribution in [2.24, 2.45) is 0 Å². The summed E-state index contributed by atoms with van der Waals surface area (Å²) >= 11 is 0. The normalized spacial score (nSPS) is 25.6. The van der Waals surface area contributed by atoms with Crippen LogP contribution in [0.2, 0.25) is 0 Å². The molecule has 2 aliphatic carbocycles. The Morgan fingerprint density at radius 3 is 2.42 bits per heavy atom. The third-order valence-electron chi connectivity index (χ3n) is 4.65. The molecule has 0 aliphatic heterocycles. The summed E-state index contributed by atoms with van der Waals surface area (Å²) in [7, 11) is 0. The summed E-state index contributed by atoms with van der Waals surface area (Å²) < 4.78 is 5.77. The predicted molar refractivity (Wildman–Crippen MR) is 75.1 cm³/mol. The van der Waals surface area contributed by atoms with E-state index in [0.29, 0.717) is 19.3 Å². The molecule has 0 heterocycles. The van der Waals surface area contributed by atoms with Gasteiger partial charge in [-0.1, -0.05) is 32.1 Å². The van der Waals surface area contributed by atoms with Crippen molar-refractivity contribution in [1.82, 2.24) is 5.32 Å². The van der Waals surface area contributed by atoms with Crippen molar-refractivity contribution in [2.45, 2.75) is 75.5 Å². The number of hydrogen-bond acceptors (Lipinski definition) is 4. The first-order valence-electron chi connectivity index (χ1n) is 7.90. The average molecular weight is 271 g/mol. The van der Waals surface area contributed by atoms with Gasteiger partial charge in [0.2, 0.25) is 0 Å². The van der Waals surface area contributed by atoms with Gasteiger partial charge >= 0.3 is 0 Å². The fourth-order valence-electron chi connectivity index (χ4n) is 3.31. The van der Waals surface area contributed by atoms with Gasteiger partial charge in [-0.3, -0.25) is 0 Å². The quantitative estimate of drug-likeness (QED) is 0.658. The third kappa shape index (κ3) is 4.71. The molecule has 112 valence electrons. The van der Waals surface area contributed by atoms with E-state index >= 15 is 0 Å². The maximum absolute atomic E-state index is 9.98. The fourth-order valence-corrected chi connectivity index (χ4v) is 3.31. The number of β-amino-alcohol motifs (C(OH)–C–C–N with tert-alkyl or cyclic N) is 1. The molecule has 2 rings (SSSR count). The van der Waals surface area contributed by atoms with Gasteiger partial charge in [0.1, 0.15) is 0 Å². The molecule has 0 saturated heterocycles. The molecule has 0 aromatic carbocycles. The molecule has 0 amide bonds. The Morgan fingerprint density at radius 1 is 1.11 bits per heavy atom. The second kappa shape index (κ2) is 7.58. The summed E-state index contributed by atoms with van der Waals surface area (Å²) in [5.41, 5.74) is -0.147. The van der Waals surface area contributed by atoms with E-state index in [4.69, 9.17) is 4.74 Å². The number of aliphatic hydroxyl groups excluding tert-OH is 2. The van der Waals surface area contributed by atoms with Crippen molar-refractivity contribution >= 4 is 0 Å². The van der Waals surface area contributed by atoms with Gasteiger partial charge in [0.25, 0.3) is 0 Å². The molecule has 0 aromatic rings. The predicted octanol–water partition coefficient (Wildman–Crippen LogP) is 1.59. The topological polar surface area (TPSA) is 61.7 Å². The van der Waals surface area contributed by atoms with E-state index in [2.05, 4.69) is 5.32 Å². The molecule has 4 nitrogen and oxygen atoms in total. The van der Waals surface area contributed by atoms with Gasteiger partial charge in [0.15, 0.2) is 0 Å². The van der Waals surface area contributed by atoms with E-state index in [0.717, 1.165) is 25.7 Å². The van der Waals surface area contributed by atoms with E-state index < -0.39 is 6.10 Å². The molecule has 3 N–H and O–H groups in total. The van der Waals surface area contributed by atoms with Crippen LogP contribution in [0, 0.1) is 0 Å². The van der Waals surface area contributed by atoms with Crippen LogP contribution in [-0.2, 0) is 4.74 Å². The standard InChI is InChI=1S/C15H29NO3/c17-12-15(8-4-5-9-15)16-10-13(18)11-19-14-6-2-1-3-7-14/h13-14,16-18H,1-12H2. The van der Waals surface area contributed by atoms with Crippen LogP contribution in [0.15, 0.2) is 0 Å². The minimum atomic E-state index is -0.467. The minimum absolute atomic E-state index is 0.147. The maximum Gasteiger partial charge on any atom is 0.0898 e. The maximum atomic E-state index is 9.98. The van der Waals surface area contributed by atoms with Crippen LogP contribution in [0.5, 0.6) is 0 Å². The Bertz CT molecular complexity index is 248. The van der Waals surface area contributed by atoms with Crippen molar-refractivity contribution in [3.05, 3.63) is 0 Å². The van der Waals surface area contributed by atoms with Gasteiger partial charge in [-0.15, -0.1) is 0 Å². The van der Waals surface area contributed by atoms with Crippen molar-refractivity contribution in [3.8, 4) is 0 Å². The highest BCUT2D eigenvalue weighted by Gasteiger charge is 2.32. The monoisotopic (exact) mass is 271 g/mol. The molecule has 2 saturated carbocycles. The van der Waals surface area contributed by atoms with Crippen molar-refractivity contribution < 1.29 is 14.9 Å². The second-order valence-electron chi connectivity index (χ2n) is 6.27. The molecular formula is C15H29NO3. The SMILES string of the molecule is OCC1(NCC(O)COC2CCCCC2)CCCC1. The van der Waals surface area contributed by atoms with Crippen LogP contribution >= 0.6 is 0 Å². The first-order valence-corrected chi connectivity index (χ1v) is 7.90. The molecule has 4 heteroatoms. The van der Waals surface area contributed by atoms with Gasteiger partial charge in [0, 0.05) is 12.1 Å². The second-order valence-corrected chi connectivity index (χ2v) is 6.27. The van der Waals surface area contributed by atoms with Crippen LogP contribution < -0.4 is 5.32 Å². The summed E-state index contributed by atoms with van der Waals surface area (Å²) in [6.07, 6.45) is 10.4. The molecule has 2 aliphatic rings. The lowest BCUT2D eigenvalue weighted by Gasteiger charge is -2.30. The zero-order valence-electron chi connectivity index (χ0n) is 11.9. The molecule has 0 spiro atoms. The smallest absolute Gasteiger partial charge is 0.0898 e. The third-order valence-corrected chi connectivity index (χ3v) is 4.65. The van der Waals surface area contributed by atoms with Crippen LogP contribution in [0.1, 0.15) is 57.8 Å². The van der Waals surface area contributed by atoms with Crippen molar-refractivity contribution in [3.63, 3.8) is 0 Å². The van der Waals surface area contributed by atoms with Gasteiger partial charge in [-0.2, -0.15) is 0 Å². The average Bonchev–Trinajstić information content (AvgIpc) is 2.93. The molecule has 1 atom stereocenters. The van der Waals surface area contributed by atoms with Gasteiger partial charge < -0.3 is 20.3 Å². The highest BCUT2D eigenvalue weighted by molar-refractivity contribution is 4.92. The Hall–Kier alpha value is -0.160. The number of rotatable bonds is 7. The first-order chi connectivity index (χ1) is 9.24. The Kier molecular flexibility index (Phi) is 6.07. The van der Waals surface area contributed by atoms with Crippen molar-refractivity contribution in [2.75, 3.05) is 19.8 Å². The van der Waals surface area contributed by atoms with Crippen LogP contribution in [-0.4, -0.2) is 47.7 Å². The molecule has 0 radical (unpaired) electrons. The largest absolute Gasteiger partial charge is 0.394 e.